The average Bonchev–Trinajstić information content (AvgIpc) is 1.61. The smallest absolute Gasteiger partial charge is 0.0431 e. The Bertz CT molecular complexity index is 21.7. The van der Waals surface area contributed by atoms with Crippen molar-refractivity contribution >= 4 is 0 Å². The van der Waals surface area contributed by atoms with Crippen LogP contribution in [0.3, 0.4) is 0 Å². The molecule has 0 saturated carbocycles. The topological polar surface area (TPSA) is 40.5 Å². The van der Waals surface area contributed by atoms with Crippen LogP contribution in [0.5, 0.6) is 0 Å². The maximum absolute atomic E-state index is 8.09. The number of aliphatic hydroxyl groups excluding tert-OH is 2. The molecule has 0 spiro atoms. The molecule has 0 unspecified atom stereocenters. The number of hydrogen-bond donors (Lipinski definition) is 2. The van der Waals surface area contributed by atoms with E-state index in [9.17, 15) is 0 Å². The molecule has 0 aromatic rings. The van der Waals surface area contributed by atoms with Gasteiger partial charge < -0.3 is 10.2 Å². The predicted octanol–water partition coefficient (Wildman–Crippen LogP) is -0.251. The largest absolute Gasteiger partial charge is 0.396 e. The summed E-state index contributed by atoms with van der Waals surface area (Å²) in [5.74, 6) is 0. The van der Waals surface area contributed by atoms with E-state index in [1.165, 1.54) is 0 Å². The normalized spacial score (nSPS) is 7.71. The Labute approximate surface area is 57.8 Å². The molecule has 2 nitrogen and oxygen atoms in total. The van der Waals surface area contributed by atoms with E-state index in [2.05, 4.69) is 0 Å². The van der Waals surface area contributed by atoms with Crippen LogP contribution in [0.4, 0.5) is 0 Å². The van der Waals surface area contributed by atoms with Gasteiger partial charge in [0.2, 0.25) is 0 Å². The van der Waals surface area contributed by atoms with Crippen LogP contribution in [-0.2, 0) is 21.1 Å². The second-order valence-electron chi connectivity index (χ2n) is 1.15. The zero-order valence-corrected chi connectivity index (χ0v) is 6.31. The first kappa shape index (κ1) is 10.6. The molecule has 0 bridgehead atoms. The van der Waals surface area contributed by atoms with Crippen molar-refractivity contribution in [1.82, 2.24) is 0 Å². The Morgan fingerprint density at radius 1 is 0.857 bits per heavy atom. The van der Waals surface area contributed by atoms with E-state index in [1.54, 1.807) is 0 Å². The average molecular weight is 285 g/mol. The first-order valence-electron chi connectivity index (χ1n) is 2.13. The van der Waals surface area contributed by atoms with Crippen LogP contribution in [0.15, 0.2) is 0 Å². The molecular formula is C4H10O2Pt. The first-order valence-corrected chi connectivity index (χ1v) is 2.13. The molecule has 0 heterocycles. The Kier molecular flexibility index (Phi) is 14.8. The van der Waals surface area contributed by atoms with Crippen molar-refractivity contribution in [3.63, 3.8) is 0 Å². The fourth-order valence-electron chi connectivity index (χ4n) is 0.224. The molecule has 2 N–H and O–H groups in total. The minimum Gasteiger partial charge on any atom is -0.396 e. The van der Waals surface area contributed by atoms with Gasteiger partial charge in [0.15, 0.2) is 0 Å². The fraction of sp³-hybridized carbons (Fsp3) is 1.00. The van der Waals surface area contributed by atoms with Gasteiger partial charge in [0.05, 0.1) is 0 Å². The van der Waals surface area contributed by atoms with E-state index >= 15 is 0 Å². The molecule has 0 aromatic carbocycles. The zero-order chi connectivity index (χ0) is 4.83. The summed E-state index contributed by atoms with van der Waals surface area (Å²) >= 11 is 0. The Morgan fingerprint density at radius 3 is 1.29 bits per heavy atom. The van der Waals surface area contributed by atoms with E-state index in [0.29, 0.717) is 0 Å². The zero-order valence-electron chi connectivity index (χ0n) is 4.04. The third kappa shape index (κ3) is 10.8. The Hall–Kier alpha value is 0.608. The van der Waals surface area contributed by atoms with E-state index in [-0.39, 0.29) is 34.3 Å². The van der Waals surface area contributed by atoms with Crippen LogP contribution in [0.25, 0.3) is 0 Å². The Morgan fingerprint density at radius 2 is 1.14 bits per heavy atom. The van der Waals surface area contributed by atoms with Crippen molar-refractivity contribution in [3.8, 4) is 0 Å². The van der Waals surface area contributed by atoms with Crippen LogP contribution in [0, 0.1) is 0 Å². The molecule has 0 saturated heterocycles. The first-order chi connectivity index (χ1) is 2.91. The van der Waals surface area contributed by atoms with Gasteiger partial charge in [0, 0.05) is 34.3 Å². The molecule has 0 rings (SSSR count). The van der Waals surface area contributed by atoms with Crippen molar-refractivity contribution in [1.29, 1.82) is 0 Å². The summed E-state index contributed by atoms with van der Waals surface area (Å²) in [6, 6.07) is 0. The van der Waals surface area contributed by atoms with Gasteiger partial charge in [0.1, 0.15) is 0 Å². The monoisotopic (exact) mass is 285 g/mol. The summed E-state index contributed by atoms with van der Waals surface area (Å²) in [4.78, 5) is 0. The molecule has 48 valence electrons. The van der Waals surface area contributed by atoms with Crippen LogP contribution >= 0.6 is 0 Å². The standard InChI is InChI=1S/C4H10O2.Pt/c5-3-1-2-4-6;/h5-6H,1-4H2;. The minimum atomic E-state index is 0. The third-order valence-electron chi connectivity index (χ3n) is 0.566. The van der Waals surface area contributed by atoms with Crippen LogP contribution < -0.4 is 0 Å². The van der Waals surface area contributed by atoms with Crippen molar-refractivity contribution in [3.05, 3.63) is 0 Å². The van der Waals surface area contributed by atoms with Gasteiger partial charge >= 0.3 is 0 Å². The molecule has 0 aliphatic carbocycles. The molecule has 0 radical (unpaired) electrons. The van der Waals surface area contributed by atoms with E-state index in [4.69, 9.17) is 10.2 Å². The summed E-state index contributed by atoms with van der Waals surface area (Å²) in [5.41, 5.74) is 0. The Balaban J connectivity index is 0. The van der Waals surface area contributed by atoms with Gasteiger partial charge in [-0.15, -0.1) is 0 Å². The second kappa shape index (κ2) is 9.79. The van der Waals surface area contributed by atoms with Crippen molar-refractivity contribution < 1.29 is 31.3 Å². The van der Waals surface area contributed by atoms with Crippen molar-refractivity contribution in [2.24, 2.45) is 0 Å². The summed E-state index contributed by atoms with van der Waals surface area (Å²) in [7, 11) is 0. The maximum atomic E-state index is 8.09. The summed E-state index contributed by atoms with van der Waals surface area (Å²) in [5, 5.41) is 16.2. The molecule has 0 aromatic heterocycles. The van der Waals surface area contributed by atoms with Gasteiger partial charge in [-0.1, -0.05) is 0 Å². The van der Waals surface area contributed by atoms with Crippen LogP contribution in [0.1, 0.15) is 12.8 Å². The SMILES string of the molecule is OCCCCO.[Pt]. The quantitative estimate of drug-likeness (QED) is 0.702. The van der Waals surface area contributed by atoms with Gasteiger partial charge in [-0.3, -0.25) is 0 Å². The molecule has 0 atom stereocenters. The molecular weight excluding hydrogens is 275 g/mol. The van der Waals surface area contributed by atoms with Crippen molar-refractivity contribution in [2.75, 3.05) is 13.2 Å². The molecule has 0 aliphatic rings. The fourth-order valence-corrected chi connectivity index (χ4v) is 0.224. The van der Waals surface area contributed by atoms with E-state index in [1.807, 2.05) is 0 Å². The second-order valence-corrected chi connectivity index (χ2v) is 1.15. The van der Waals surface area contributed by atoms with Gasteiger partial charge in [0.25, 0.3) is 0 Å². The number of hydrogen-bond acceptors (Lipinski definition) is 2. The number of aliphatic hydroxyl groups is 2. The van der Waals surface area contributed by atoms with E-state index < -0.39 is 0 Å². The molecule has 0 amide bonds. The minimum absolute atomic E-state index is 0. The van der Waals surface area contributed by atoms with Crippen LogP contribution in [-0.4, -0.2) is 23.4 Å². The molecule has 7 heavy (non-hydrogen) atoms. The summed E-state index contributed by atoms with van der Waals surface area (Å²) in [6.45, 7) is 0.390. The molecule has 0 fully saturated rings. The maximum Gasteiger partial charge on any atom is 0.0431 e. The van der Waals surface area contributed by atoms with E-state index in [0.717, 1.165) is 12.8 Å². The van der Waals surface area contributed by atoms with Gasteiger partial charge in [-0.25, -0.2) is 0 Å². The van der Waals surface area contributed by atoms with Crippen molar-refractivity contribution in [2.45, 2.75) is 12.8 Å². The molecule has 0 aliphatic heterocycles. The van der Waals surface area contributed by atoms with Gasteiger partial charge in [-0.05, 0) is 12.8 Å². The third-order valence-corrected chi connectivity index (χ3v) is 0.566. The summed E-state index contributed by atoms with van der Waals surface area (Å²) in [6.07, 6.45) is 1.44. The summed E-state index contributed by atoms with van der Waals surface area (Å²) < 4.78 is 0. The number of unbranched alkanes of at least 4 members (excludes halogenated alkanes) is 1. The van der Waals surface area contributed by atoms with Gasteiger partial charge in [-0.2, -0.15) is 0 Å². The predicted molar refractivity (Wildman–Crippen MR) is 23.4 cm³/mol. The number of rotatable bonds is 3. The molecule has 3 heteroatoms. The van der Waals surface area contributed by atoms with Crippen LogP contribution in [0.2, 0.25) is 0 Å².